The Bertz CT molecular complexity index is 677. The number of carbonyl (C=O) groups is 1. The summed E-state index contributed by atoms with van der Waals surface area (Å²) in [5.41, 5.74) is 5.79. The Hall–Kier alpha value is -1.89. The Kier molecular flexibility index (Phi) is 3.67. The molecule has 7 heteroatoms. The van der Waals surface area contributed by atoms with Gasteiger partial charge in [0.1, 0.15) is 10.6 Å². The molecule has 2 aromatic heterocycles. The van der Waals surface area contributed by atoms with Crippen LogP contribution in [0.1, 0.15) is 17.7 Å². The number of likely N-dealkylation sites (N-methyl/N-ethyl adjacent to an activating group) is 1. The Balaban J connectivity index is 1.86. The monoisotopic (exact) mass is 305 g/mol. The molecule has 0 atom stereocenters. The van der Waals surface area contributed by atoms with E-state index in [1.165, 1.54) is 0 Å². The van der Waals surface area contributed by atoms with Crippen LogP contribution in [0.15, 0.2) is 6.07 Å². The summed E-state index contributed by atoms with van der Waals surface area (Å²) in [7, 11) is 1.88. The minimum absolute atomic E-state index is 0.146. The van der Waals surface area contributed by atoms with Crippen molar-refractivity contribution < 1.29 is 4.79 Å². The molecular weight excluding hydrogens is 286 g/mol. The van der Waals surface area contributed by atoms with Crippen molar-refractivity contribution in [2.75, 3.05) is 37.3 Å². The van der Waals surface area contributed by atoms with Gasteiger partial charge in [-0.15, -0.1) is 11.3 Å². The molecule has 2 N–H and O–H groups in total. The Morgan fingerprint density at radius 1 is 1.43 bits per heavy atom. The highest BCUT2D eigenvalue weighted by atomic mass is 32.1. The van der Waals surface area contributed by atoms with Gasteiger partial charge >= 0.3 is 0 Å². The number of amides is 1. The second-order valence-corrected chi connectivity index (χ2v) is 6.66. The third kappa shape index (κ3) is 2.78. The molecule has 0 aromatic carbocycles. The molecule has 21 heavy (non-hydrogen) atoms. The minimum atomic E-state index is 0.146. The van der Waals surface area contributed by atoms with E-state index >= 15 is 0 Å². The molecular formula is C14H19N5OS. The molecule has 0 radical (unpaired) electrons. The van der Waals surface area contributed by atoms with Crippen LogP contribution >= 0.6 is 11.3 Å². The fourth-order valence-corrected chi connectivity index (χ4v) is 3.56. The Morgan fingerprint density at radius 2 is 2.14 bits per heavy atom. The van der Waals surface area contributed by atoms with Crippen LogP contribution in [0, 0.1) is 6.92 Å². The summed E-state index contributed by atoms with van der Waals surface area (Å²) in [5, 5.41) is 0.962. The van der Waals surface area contributed by atoms with Gasteiger partial charge in [0.15, 0.2) is 0 Å². The molecule has 1 saturated heterocycles. The fraction of sp³-hybridized carbons (Fsp3) is 0.500. The lowest BCUT2D eigenvalue weighted by Gasteiger charge is -2.22. The van der Waals surface area contributed by atoms with Gasteiger partial charge in [0.2, 0.25) is 11.9 Å². The van der Waals surface area contributed by atoms with E-state index in [0.717, 1.165) is 46.8 Å². The number of rotatable bonds is 3. The normalized spacial score (nSPS) is 14.9. The maximum Gasteiger partial charge on any atom is 0.242 e. The summed E-state index contributed by atoms with van der Waals surface area (Å²) >= 11 is 1.59. The van der Waals surface area contributed by atoms with Gasteiger partial charge in [0.05, 0.1) is 11.9 Å². The van der Waals surface area contributed by atoms with E-state index < -0.39 is 0 Å². The number of hydrogen-bond donors (Lipinski definition) is 1. The Labute approximate surface area is 127 Å². The lowest BCUT2D eigenvalue weighted by molar-refractivity contribution is -0.128. The number of thiophene rings is 1. The van der Waals surface area contributed by atoms with Gasteiger partial charge in [-0.3, -0.25) is 4.79 Å². The molecule has 112 valence electrons. The molecule has 2 aromatic rings. The molecule has 1 aliphatic rings. The zero-order chi connectivity index (χ0) is 15.0. The van der Waals surface area contributed by atoms with Crippen LogP contribution < -0.4 is 10.6 Å². The largest absolute Gasteiger partial charge is 0.368 e. The molecule has 1 aliphatic heterocycles. The molecule has 0 unspecified atom stereocenters. The van der Waals surface area contributed by atoms with Crippen LogP contribution in [-0.4, -0.2) is 47.5 Å². The molecule has 1 amide bonds. The number of hydrogen-bond acceptors (Lipinski definition) is 6. The third-order valence-corrected chi connectivity index (χ3v) is 4.65. The van der Waals surface area contributed by atoms with Crippen LogP contribution in [0.5, 0.6) is 0 Å². The fourth-order valence-electron chi connectivity index (χ4n) is 2.68. The number of aromatic nitrogens is 2. The highest BCUT2D eigenvalue weighted by Crippen LogP contribution is 2.30. The van der Waals surface area contributed by atoms with Gasteiger partial charge in [-0.05, 0) is 25.8 Å². The number of nitrogen functional groups attached to an aromatic ring is 1. The van der Waals surface area contributed by atoms with Gasteiger partial charge in [-0.1, -0.05) is 0 Å². The van der Waals surface area contributed by atoms with E-state index in [-0.39, 0.29) is 11.9 Å². The van der Waals surface area contributed by atoms with Crippen molar-refractivity contribution >= 4 is 39.2 Å². The molecule has 6 nitrogen and oxygen atoms in total. The second-order valence-electron chi connectivity index (χ2n) is 5.43. The quantitative estimate of drug-likeness (QED) is 0.933. The van der Waals surface area contributed by atoms with Crippen molar-refractivity contribution in [3.05, 3.63) is 10.9 Å². The predicted molar refractivity (Wildman–Crippen MR) is 85.6 cm³/mol. The van der Waals surface area contributed by atoms with Gasteiger partial charge in [0.25, 0.3) is 0 Å². The first-order valence-electron chi connectivity index (χ1n) is 7.07. The van der Waals surface area contributed by atoms with Gasteiger partial charge in [0, 0.05) is 25.0 Å². The Morgan fingerprint density at radius 3 is 2.86 bits per heavy atom. The van der Waals surface area contributed by atoms with E-state index in [4.69, 9.17) is 5.73 Å². The minimum Gasteiger partial charge on any atom is -0.368 e. The first-order chi connectivity index (χ1) is 10.0. The van der Waals surface area contributed by atoms with Gasteiger partial charge < -0.3 is 15.5 Å². The average molecular weight is 305 g/mol. The maximum absolute atomic E-state index is 12.3. The summed E-state index contributed by atoms with van der Waals surface area (Å²) in [6.07, 6.45) is 2.20. The van der Waals surface area contributed by atoms with E-state index in [9.17, 15) is 4.79 Å². The number of nitrogens with zero attached hydrogens (tertiary/aromatic N) is 4. The van der Waals surface area contributed by atoms with Gasteiger partial charge in [-0.25, -0.2) is 4.98 Å². The van der Waals surface area contributed by atoms with Crippen molar-refractivity contribution in [3.63, 3.8) is 0 Å². The van der Waals surface area contributed by atoms with E-state index in [2.05, 4.69) is 9.97 Å². The topological polar surface area (TPSA) is 75.4 Å². The summed E-state index contributed by atoms with van der Waals surface area (Å²) in [6, 6.07) is 2.05. The SMILES string of the molecule is Cc1cc2c(N(C)CC(=O)N3CCCC3)nc(N)nc2s1. The third-order valence-electron chi connectivity index (χ3n) is 3.71. The van der Waals surface area contributed by atoms with E-state index in [0.29, 0.717) is 6.54 Å². The lowest BCUT2D eigenvalue weighted by atomic mass is 10.3. The molecule has 3 rings (SSSR count). The highest BCUT2D eigenvalue weighted by molar-refractivity contribution is 7.18. The van der Waals surface area contributed by atoms with Crippen LogP contribution in [0.4, 0.5) is 11.8 Å². The standard InChI is InChI=1S/C14H19N5OS/c1-9-7-10-12(16-14(15)17-13(10)21-9)18(2)8-11(20)19-5-3-4-6-19/h7H,3-6,8H2,1-2H3,(H2,15,16,17). The number of carbonyl (C=O) groups excluding carboxylic acids is 1. The lowest BCUT2D eigenvalue weighted by Crippen LogP contribution is -2.37. The smallest absolute Gasteiger partial charge is 0.242 e. The first kappa shape index (κ1) is 14.1. The molecule has 0 bridgehead atoms. The molecule has 0 spiro atoms. The van der Waals surface area contributed by atoms with E-state index in [1.54, 1.807) is 11.3 Å². The number of likely N-dealkylation sites (tertiary alicyclic amines) is 1. The molecule has 3 heterocycles. The summed E-state index contributed by atoms with van der Waals surface area (Å²) in [5.74, 6) is 1.13. The zero-order valence-electron chi connectivity index (χ0n) is 12.3. The molecule has 1 fully saturated rings. The van der Waals surface area contributed by atoms with Crippen molar-refractivity contribution in [3.8, 4) is 0 Å². The summed E-state index contributed by atoms with van der Waals surface area (Å²) in [6.45, 7) is 4.08. The first-order valence-corrected chi connectivity index (χ1v) is 7.89. The van der Waals surface area contributed by atoms with Crippen molar-refractivity contribution in [1.82, 2.24) is 14.9 Å². The van der Waals surface area contributed by atoms with Crippen LogP contribution in [0.3, 0.4) is 0 Å². The van der Waals surface area contributed by atoms with Crippen LogP contribution in [0.2, 0.25) is 0 Å². The highest BCUT2D eigenvalue weighted by Gasteiger charge is 2.21. The summed E-state index contributed by atoms with van der Waals surface area (Å²) in [4.78, 5) is 26.7. The average Bonchev–Trinajstić information content (AvgIpc) is 3.05. The number of fused-ring (bicyclic) bond motifs is 1. The molecule has 0 aliphatic carbocycles. The predicted octanol–water partition coefficient (Wildman–Crippen LogP) is 1.64. The van der Waals surface area contributed by atoms with Crippen molar-refractivity contribution in [2.24, 2.45) is 0 Å². The number of aryl methyl sites for hydroxylation is 1. The van der Waals surface area contributed by atoms with Crippen LogP contribution in [-0.2, 0) is 4.79 Å². The van der Waals surface area contributed by atoms with Gasteiger partial charge in [-0.2, -0.15) is 4.98 Å². The van der Waals surface area contributed by atoms with Crippen molar-refractivity contribution in [1.29, 1.82) is 0 Å². The molecule has 0 saturated carbocycles. The summed E-state index contributed by atoms with van der Waals surface area (Å²) < 4.78 is 0. The zero-order valence-corrected chi connectivity index (χ0v) is 13.1. The van der Waals surface area contributed by atoms with Crippen molar-refractivity contribution in [2.45, 2.75) is 19.8 Å². The second kappa shape index (κ2) is 5.48. The van der Waals surface area contributed by atoms with E-state index in [1.807, 2.05) is 29.8 Å². The number of nitrogens with two attached hydrogens (primary N) is 1. The van der Waals surface area contributed by atoms with Crippen LogP contribution in [0.25, 0.3) is 10.2 Å². The maximum atomic E-state index is 12.3. The number of anilines is 2.